The molecular formula is C25H29N3O5. The summed E-state index contributed by atoms with van der Waals surface area (Å²) in [5.74, 6) is 2.52. The molecule has 0 radical (unpaired) electrons. The maximum atomic E-state index is 13.2. The minimum absolute atomic E-state index is 0.0544. The molecular weight excluding hydrogens is 422 g/mol. The second-order valence-corrected chi connectivity index (χ2v) is 8.44. The lowest BCUT2D eigenvalue weighted by Gasteiger charge is -2.20. The molecule has 1 N–H and O–H groups in total. The molecule has 0 spiro atoms. The van der Waals surface area contributed by atoms with E-state index < -0.39 is 6.04 Å². The molecule has 1 fully saturated rings. The molecule has 1 aromatic heterocycles. The van der Waals surface area contributed by atoms with Gasteiger partial charge in [-0.3, -0.25) is 4.79 Å². The number of carbonyl (C=O) groups is 1. The van der Waals surface area contributed by atoms with Gasteiger partial charge in [0.2, 0.25) is 11.6 Å². The van der Waals surface area contributed by atoms with E-state index in [4.69, 9.17) is 18.7 Å². The minimum atomic E-state index is -0.413. The Bertz CT molecular complexity index is 1070. The molecule has 0 saturated heterocycles. The first-order valence-electron chi connectivity index (χ1n) is 11.1. The van der Waals surface area contributed by atoms with Crippen molar-refractivity contribution in [2.45, 2.75) is 45.3 Å². The zero-order valence-corrected chi connectivity index (χ0v) is 19.3. The average molecular weight is 452 g/mol. The molecule has 1 aliphatic carbocycles. The van der Waals surface area contributed by atoms with Crippen LogP contribution in [0.1, 0.15) is 66.3 Å². The van der Waals surface area contributed by atoms with E-state index in [2.05, 4.69) is 15.5 Å². The number of benzene rings is 2. The number of hydrogen-bond acceptors (Lipinski definition) is 7. The number of methoxy groups -OCH3 is 2. The fourth-order valence-electron chi connectivity index (χ4n) is 3.50. The lowest BCUT2D eigenvalue weighted by molar-refractivity contribution is 0.0913. The summed E-state index contributed by atoms with van der Waals surface area (Å²) in [7, 11) is 3.06. The Morgan fingerprint density at radius 1 is 1.12 bits per heavy atom. The summed E-state index contributed by atoms with van der Waals surface area (Å²) < 4.78 is 22.5. The number of rotatable bonds is 10. The number of hydrogen-bond donors (Lipinski definition) is 1. The van der Waals surface area contributed by atoms with E-state index in [1.807, 2.05) is 44.2 Å². The van der Waals surface area contributed by atoms with Gasteiger partial charge in [-0.25, -0.2) is 0 Å². The van der Waals surface area contributed by atoms with E-state index in [-0.39, 0.29) is 11.8 Å². The van der Waals surface area contributed by atoms with E-state index >= 15 is 0 Å². The summed E-state index contributed by atoms with van der Waals surface area (Å²) in [5.41, 5.74) is 1.39. The van der Waals surface area contributed by atoms with Crippen molar-refractivity contribution in [2.75, 3.05) is 14.2 Å². The van der Waals surface area contributed by atoms with Crippen molar-refractivity contribution < 1.29 is 23.5 Å². The molecule has 4 rings (SSSR count). The lowest BCUT2D eigenvalue weighted by Crippen LogP contribution is -2.32. The van der Waals surface area contributed by atoms with E-state index in [1.165, 1.54) is 14.2 Å². The second kappa shape index (κ2) is 9.94. The van der Waals surface area contributed by atoms with Crippen LogP contribution < -0.4 is 19.5 Å². The van der Waals surface area contributed by atoms with Crippen LogP contribution in [-0.2, 0) is 6.61 Å². The highest BCUT2D eigenvalue weighted by molar-refractivity contribution is 5.95. The van der Waals surface area contributed by atoms with Gasteiger partial charge in [-0.2, -0.15) is 4.98 Å². The summed E-state index contributed by atoms with van der Waals surface area (Å²) in [5, 5.41) is 7.09. The molecule has 1 saturated carbocycles. The summed E-state index contributed by atoms with van der Waals surface area (Å²) >= 11 is 0. The van der Waals surface area contributed by atoms with Gasteiger partial charge in [0, 0.05) is 11.5 Å². The smallest absolute Gasteiger partial charge is 0.252 e. The van der Waals surface area contributed by atoms with Gasteiger partial charge >= 0.3 is 0 Å². The molecule has 1 heterocycles. The van der Waals surface area contributed by atoms with Gasteiger partial charge in [-0.05, 0) is 36.5 Å². The second-order valence-electron chi connectivity index (χ2n) is 8.44. The van der Waals surface area contributed by atoms with Crippen LogP contribution in [0.25, 0.3) is 0 Å². The Labute approximate surface area is 193 Å². The highest BCUT2D eigenvalue weighted by Crippen LogP contribution is 2.40. The third-order valence-electron chi connectivity index (χ3n) is 5.57. The zero-order valence-electron chi connectivity index (χ0n) is 19.3. The van der Waals surface area contributed by atoms with Crippen molar-refractivity contribution in [3.05, 3.63) is 65.3 Å². The van der Waals surface area contributed by atoms with E-state index in [1.54, 1.807) is 12.1 Å². The Morgan fingerprint density at radius 3 is 2.36 bits per heavy atom. The topological polar surface area (TPSA) is 95.7 Å². The molecule has 174 valence electrons. The van der Waals surface area contributed by atoms with Crippen LogP contribution in [0, 0.1) is 5.92 Å². The highest BCUT2D eigenvalue weighted by atomic mass is 16.5. The standard InChI is InChI=1S/C25H29N3O5/c1-15(2)21(25-27-23(28-33-25)17-10-11-17)26-24(29)18-12-19(30-3)22(20(13-18)31-4)32-14-16-8-6-5-7-9-16/h5-9,12-13,15,17,21H,10-11,14H2,1-4H3,(H,26,29). The number of amides is 1. The molecule has 33 heavy (non-hydrogen) atoms. The predicted octanol–water partition coefficient (Wildman–Crippen LogP) is 4.67. The Kier molecular flexibility index (Phi) is 6.82. The van der Waals surface area contributed by atoms with E-state index in [0.29, 0.717) is 47.1 Å². The predicted molar refractivity (Wildman–Crippen MR) is 122 cm³/mol. The molecule has 1 unspecified atom stereocenters. The largest absolute Gasteiger partial charge is 0.493 e. The Morgan fingerprint density at radius 2 is 1.79 bits per heavy atom. The quantitative estimate of drug-likeness (QED) is 0.478. The van der Waals surface area contributed by atoms with Gasteiger partial charge in [0.15, 0.2) is 17.3 Å². The first-order chi connectivity index (χ1) is 16.0. The summed E-state index contributed by atoms with van der Waals surface area (Å²) in [6, 6.07) is 12.6. The van der Waals surface area contributed by atoms with Crippen LogP contribution in [0.4, 0.5) is 0 Å². The fourth-order valence-corrected chi connectivity index (χ4v) is 3.50. The molecule has 3 aromatic rings. The normalized spacial score (nSPS) is 14.1. The third-order valence-corrected chi connectivity index (χ3v) is 5.57. The number of nitrogens with one attached hydrogen (secondary N) is 1. The number of aromatic nitrogens is 2. The molecule has 1 amide bonds. The van der Waals surface area contributed by atoms with Gasteiger partial charge < -0.3 is 24.1 Å². The van der Waals surface area contributed by atoms with Gasteiger partial charge in [0.25, 0.3) is 5.91 Å². The van der Waals surface area contributed by atoms with Crippen LogP contribution in [0.15, 0.2) is 47.0 Å². The third kappa shape index (κ3) is 5.27. The maximum absolute atomic E-state index is 13.2. The van der Waals surface area contributed by atoms with Crippen LogP contribution in [0.2, 0.25) is 0 Å². The number of ether oxygens (including phenoxy) is 3. The van der Waals surface area contributed by atoms with Crippen molar-refractivity contribution in [1.29, 1.82) is 0 Å². The minimum Gasteiger partial charge on any atom is -0.493 e. The Hall–Kier alpha value is -3.55. The highest BCUT2D eigenvalue weighted by Gasteiger charge is 2.32. The van der Waals surface area contributed by atoms with E-state index in [9.17, 15) is 4.79 Å². The molecule has 8 nitrogen and oxygen atoms in total. The molecule has 1 aliphatic rings. The molecule has 0 aliphatic heterocycles. The lowest BCUT2D eigenvalue weighted by atomic mass is 10.0. The number of nitrogens with zero attached hydrogens (tertiary/aromatic N) is 2. The summed E-state index contributed by atoms with van der Waals surface area (Å²) in [6.45, 7) is 4.33. The van der Waals surface area contributed by atoms with Crippen molar-refractivity contribution in [2.24, 2.45) is 5.92 Å². The summed E-state index contributed by atoms with van der Waals surface area (Å²) in [4.78, 5) is 17.7. The van der Waals surface area contributed by atoms with Crippen LogP contribution >= 0.6 is 0 Å². The maximum Gasteiger partial charge on any atom is 0.252 e. The van der Waals surface area contributed by atoms with E-state index in [0.717, 1.165) is 18.4 Å². The Balaban J connectivity index is 1.54. The summed E-state index contributed by atoms with van der Waals surface area (Å²) in [6.07, 6.45) is 2.16. The first kappa shape index (κ1) is 22.6. The van der Waals surface area contributed by atoms with Crippen molar-refractivity contribution in [1.82, 2.24) is 15.5 Å². The van der Waals surface area contributed by atoms with Crippen molar-refractivity contribution >= 4 is 5.91 Å². The van der Waals surface area contributed by atoms with Crippen LogP contribution in [0.5, 0.6) is 17.2 Å². The number of carbonyl (C=O) groups excluding carboxylic acids is 1. The van der Waals surface area contributed by atoms with Gasteiger partial charge in [-0.15, -0.1) is 0 Å². The van der Waals surface area contributed by atoms with Crippen LogP contribution in [-0.4, -0.2) is 30.3 Å². The van der Waals surface area contributed by atoms with Gasteiger partial charge in [0.1, 0.15) is 12.6 Å². The monoisotopic (exact) mass is 451 g/mol. The van der Waals surface area contributed by atoms with Gasteiger partial charge in [0.05, 0.1) is 14.2 Å². The first-order valence-corrected chi connectivity index (χ1v) is 11.1. The van der Waals surface area contributed by atoms with Crippen LogP contribution in [0.3, 0.4) is 0 Å². The zero-order chi connectivity index (χ0) is 23.4. The molecule has 0 bridgehead atoms. The SMILES string of the molecule is COc1cc(C(=O)NC(c2nc(C3CC3)no2)C(C)C)cc(OC)c1OCc1ccccc1. The average Bonchev–Trinajstić information content (AvgIpc) is 3.57. The molecule has 8 heteroatoms. The van der Waals surface area contributed by atoms with Crippen molar-refractivity contribution in [3.8, 4) is 17.2 Å². The molecule has 2 aromatic carbocycles. The fraction of sp³-hybridized carbons (Fsp3) is 0.400. The van der Waals surface area contributed by atoms with Gasteiger partial charge in [-0.1, -0.05) is 49.3 Å². The molecule has 1 atom stereocenters. The van der Waals surface area contributed by atoms with Crippen molar-refractivity contribution in [3.63, 3.8) is 0 Å².